The van der Waals surface area contributed by atoms with Gasteiger partial charge in [-0.2, -0.15) is 0 Å². The van der Waals surface area contributed by atoms with Gasteiger partial charge in [-0.3, -0.25) is 4.79 Å². The molecule has 0 N–H and O–H groups in total. The van der Waals surface area contributed by atoms with E-state index in [1.54, 1.807) is 0 Å². The molecule has 0 amide bonds. The third-order valence-corrected chi connectivity index (χ3v) is 8.75. The molecule has 0 aromatic heterocycles. The number of unbranched alkanes of at least 4 members (excludes halogenated alkanes) is 18. The molecule has 268 valence electrons. The monoisotopic (exact) mass is 642 g/mol. The topological polar surface area (TPSA) is 29.5 Å². The standard InChI is InChI=1S/C43H79NO2/c1-5-7-9-11-13-15-17-19-21-23-25-27-29-31-33-35-38-42(46-43(45)40-37-41-44(3)4)39-36-34-32-30-28-26-24-22-20-18-16-14-12-10-8-6-2/h7,9,13,15,19-22,42H,5-6,8,10-12,14,16-18,23-41H2,1-4H3/b9-7-,15-13-,21-19-,22-20-/t42-/m1/s1. The highest BCUT2D eigenvalue weighted by Gasteiger charge is 2.14. The molecule has 0 aromatic carbocycles. The van der Waals surface area contributed by atoms with Crippen molar-refractivity contribution in [2.45, 2.75) is 200 Å². The maximum atomic E-state index is 12.5. The maximum absolute atomic E-state index is 12.5. The second kappa shape index (κ2) is 37.8. The minimum Gasteiger partial charge on any atom is -0.462 e. The molecule has 1 atom stereocenters. The van der Waals surface area contributed by atoms with E-state index < -0.39 is 0 Å². The molecule has 0 aliphatic rings. The van der Waals surface area contributed by atoms with Crippen molar-refractivity contribution in [3.8, 4) is 0 Å². The Hall–Kier alpha value is -1.61. The van der Waals surface area contributed by atoms with Gasteiger partial charge < -0.3 is 9.64 Å². The highest BCUT2D eigenvalue weighted by molar-refractivity contribution is 5.69. The Bertz CT molecular complexity index is 735. The van der Waals surface area contributed by atoms with Crippen LogP contribution in [0, 0.1) is 0 Å². The zero-order chi connectivity index (χ0) is 33.6. The van der Waals surface area contributed by atoms with Gasteiger partial charge in [-0.1, -0.05) is 146 Å². The molecule has 0 rings (SSSR count). The van der Waals surface area contributed by atoms with Crippen molar-refractivity contribution in [1.82, 2.24) is 4.90 Å². The van der Waals surface area contributed by atoms with Gasteiger partial charge in [0.25, 0.3) is 0 Å². The van der Waals surface area contributed by atoms with E-state index in [1.807, 2.05) is 0 Å². The summed E-state index contributed by atoms with van der Waals surface area (Å²) in [5.41, 5.74) is 0. The Morgan fingerprint density at radius 1 is 0.522 bits per heavy atom. The molecule has 0 fully saturated rings. The molecule has 0 saturated carbocycles. The zero-order valence-electron chi connectivity index (χ0n) is 31.5. The number of allylic oxidation sites excluding steroid dienone is 8. The van der Waals surface area contributed by atoms with Crippen molar-refractivity contribution in [3.05, 3.63) is 48.6 Å². The normalized spacial score (nSPS) is 13.0. The highest BCUT2D eigenvalue weighted by atomic mass is 16.5. The Labute approximate surface area is 288 Å². The minimum absolute atomic E-state index is 0.00766. The van der Waals surface area contributed by atoms with Gasteiger partial charge in [0.1, 0.15) is 6.10 Å². The van der Waals surface area contributed by atoms with Crippen LogP contribution < -0.4 is 0 Å². The number of carbonyl (C=O) groups is 1. The predicted molar refractivity (Wildman–Crippen MR) is 206 cm³/mol. The fourth-order valence-electron chi connectivity index (χ4n) is 5.83. The first kappa shape index (κ1) is 44.4. The van der Waals surface area contributed by atoms with Crippen LogP contribution in [0.2, 0.25) is 0 Å². The zero-order valence-corrected chi connectivity index (χ0v) is 31.5. The van der Waals surface area contributed by atoms with Gasteiger partial charge in [0.05, 0.1) is 0 Å². The number of hydrogen-bond acceptors (Lipinski definition) is 3. The van der Waals surface area contributed by atoms with Crippen LogP contribution in [0.4, 0.5) is 0 Å². The lowest BCUT2D eigenvalue weighted by Gasteiger charge is -2.18. The molecule has 0 aliphatic carbocycles. The van der Waals surface area contributed by atoms with Gasteiger partial charge in [0.2, 0.25) is 0 Å². The SMILES string of the molecule is CC/C=C\C/C=C\C/C=C\CCCCCCCC[C@H](CCCCCCCC/C=C\CCCCCCCC)OC(=O)CCCN(C)C. The van der Waals surface area contributed by atoms with E-state index in [0.29, 0.717) is 6.42 Å². The van der Waals surface area contributed by atoms with E-state index in [9.17, 15) is 4.79 Å². The second-order valence-corrected chi connectivity index (χ2v) is 13.7. The minimum atomic E-state index is 0.00766. The van der Waals surface area contributed by atoms with Crippen LogP contribution in [0.3, 0.4) is 0 Å². The van der Waals surface area contributed by atoms with Gasteiger partial charge >= 0.3 is 5.97 Å². The smallest absolute Gasteiger partial charge is 0.306 e. The molecule has 0 radical (unpaired) electrons. The summed E-state index contributed by atoms with van der Waals surface area (Å²) < 4.78 is 6.00. The van der Waals surface area contributed by atoms with Crippen LogP contribution in [0.15, 0.2) is 48.6 Å². The first-order valence-corrected chi connectivity index (χ1v) is 20.0. The van der Waals surface area contributed by atoms with Crippen molar-refractivity contribution in [2.24, 2.45) is 0 Å². The van der Waals surface area contributed by atoms with Gasteiger partial charge in [-0.15, -0.1) is 0 Å². The molecule has 0 bridgehead atoms. The Morgan fingerprint density at radius 3 is 1.41 bits per heavy atom. The highest BCUT2D eigenvalue weighted by Crippen LogP contribution is 2.18. The number of carbonyl (C=O) groups excluding carboxylic acids is 1. The fourth-order valence-corrected chi connectivity index (χ4v) is 5.83. The van der Waals surface area contributed by atoms with Crippen molar-refractivity contribution in [1.29, 1.82) is 0 Å². The summed E-state index contributed by atoms with van der Waals surface area (Å²) >= 11 is 0. The average molecular weight is 642 g/mol. The number of esters is 1. The molecular formula is C43H79NO2. The molecule has 0 heterocycles. The first-order valence-electron chi connectivity index (χ1n) is 20.0. The van der Waals surface area contributed by atoms with Gasteiger partial charge in [0.15, 0.2) is 0 Å². The lowest BCUT2D eigenvalue weighted by Crippen LogP contribution is -2.20. The quantitative estimate of drug-likeness (QED) is 0.0392. The van der Waals surface area contributed by atoms with E-state index in [-0.39, 0.29) is 12.1 Å². The van der Waals surface area contributed by atoms with Crippen LogP contribution in [0.5, 0.6) is 0 Å². The van der Waals surface area contributed by atoms with E-state index in [0.717, 1.165) is 45.1 Å². The van der Waals surface area contributed by atoms with Crippen molar-refractivity contribution >= 4 is 5.97 Å². The van der Waals surface area contributed by atoms with Crippen LogP contribution in [-0.4, -0.2) is 37.6 Å². The van der Waals surface area contributed by atoms with Crippen molar-refractivity contribution in [3.63, 3.8) is 0 Å². The van der Waals surface area contributed by atoms with E-state index in [1.165, 1.54) is 135 Å². The Morgan fingerprint density at radius 2 is 0.935 bits per heavy atom. The molecular weight excluding hydrogens is 562 g/mol. The molecule has 0 saturated heterocycles. The largest absolute Gasteiger partial charge is 0.462 e. The number of ether oxygens (including phenoxy) is 1. The summed E-state index contributed by atoms with van der Waals surface area (Å²) in [6.07, 6.45) is 52.8. The van der Waals surface area contributed by atoms with E-state index in [4.69, 9.17) is 4.74 Å². The van der Waals surface area contributed by atoms with Crippen molar-refractivity contribution in [2.75, 3.05) is 20.6 Å². The van der Waals surface area contributed by atoms with Gasteiger partial charge in [-0.05, 0) is 111 Å². The second-order valence-electron chi connectivity index (χ2n) is 13.7. The maximum Gasteiger partial charge on any atom is 0.306 e. The van der Waals surface area contributed by atoms with Gasteiger partial charge in [-0.25, -0.2) is 0 Å². The lowest BCUT2D eigenvalue weighted by atomic mass is 10.0. The molecule has 3 nitrogen and oxygen atoms in total. The molecule has 0 aliphatic heterocycles. The van der Waals surface area contributed by atoms with Crippen LogP contribution in [0.1, 0.15) is 194 Å². The summed E-state index contributed by atoms with van der Waals surface area (Å²) in [7, 11) is 4.12. The third kappa shape index (κ3) is 36.9. The van der Waals surface area contributed by atoms with Crippen molar-refractivity contribution < 1.29 is 9.53 Å². The Kier molecular flexibility index (Phi) is 36.5. The molecule has 0 spiro atoms. The molecule has 3 heteroatoms. The van der Waals surface area contributed by atoms with Crippen LogP contribution in [-0.2, 0) is 9.53 Å². The summed E-state index contributed by atoms with van der Waals surface area (Å²) in [4.78, 5) is 14.7. The van der Waals surface area contributed by atoms with Crippen LogP contribution in [0.25, 0.3) is 0 Å². The van der Waals surface area contributed by atoms with E-state index in [2.05, 4.69) is 81.5 Å². The number of nitrogens with zero attached hydrogens (tertiary/aromatic N) is 1. The van der Waals surface area contributed by atoms with Gasteiger partial charge in [0, 0.05) is 6.42 Å². The number of rotatable bonds is 35. The molecule has 46 heavy (non-hydrogen) atoms. The predicted octanol–water partition coefficient (Wildman–Crippen LogP) is 13.6. The first-order chi connectivity index (χ1) is 22.6. The molecule has 0 unspecified atom stereocenters. The Balaban J connectivity index is 4.00. The summed E-state index contributed by atoms with van der Waals surface area (Å²) in [6, 6.07) is 0. The van der Waals surface area contributed by atoms with E-state index >= 15 is 0 Å². The summed E-state index contributed by atoms with van der Waals surface area (Å²) in [6.45, 7) is 5.40. The lowest BCUT2D eigenvalue weighted by molar-refractivity contribution is -0.150. The van der Waals surface area contributed by atoms with Crippen LogP contribution >= 0.6 is 0 Å². The fraction of sp³-hybridized carbons (Fsp3) is 0.791. The third-order valence-electron chi connectivity index (χ3n) is 8.75. The molecule has 0 aromatic rings. The average Bonchev–Trinajstić information content (AvgIpc) is 3.04. The number of hydrogen-bond donors (Lipinski definition) is 0. The summed E-state index contributed by atoms with van der Waals surface area (Å²) in [5, 5.41) is 0. The summed E-state index contributed by atoms with van der Waals surface area (Å²) in [5.74, 6) is 0.00766.